The molecule has 1 aromatic carbocycles. The molecule has 0 aliphatic carbocycles. The van der Waals surface area contributed by atoms with Crippen LogP contribution < -0.4 is 4.74 Å². The van der Waals surface area contributed by atoms with Crippen LogP contribution in [0.15, 0.2) is 53.3 Å². The number of hydrogen-bond acceptors (Lipinski definition) is 7. The summed E-state index contributed by atoms with van der Waals surface area (Å²) in [6, 6.07) is 11.3. The number of methoxy groups -OCH3 is 1. The minimum Gasteiger partial charge on any atom is -0.484 e. The third-order valence-electron chi connectivity index (χ3n) is 6.63. The summed E-state index contributed by atoms with van der Waals surface area (Å²) in [6.07, 6.45) is 2.94. The van der Waals surface area contributed by atoms with Crippen molar-refractivity contribution < 1.29 is 23.9 Å². The molecule has 2 atom stereocenters. The zero-order valence-corrected chi connectivity index (χ0v) is 22.2. The molecule has 12 heteroatoms. The van der Waals surface area contributed by atoms with Gasteiger partial charge >= 0.3 is 5.97 Å². The average Bonchev–Trinajstić information content (AvgIpc) is 3.62. The maximum atomic E-state index is 13.6. The van der Waals surface area contributed by atoms with Gasteiger partial charge in [0.2, 0.25) is 0 Å². The lowest BCUT2D eigenvalue weighted by Crippen LogP contribution is -2.43. The summed E-state index contributed by atoms with van der Waals surface area (Å²) in [5, 5.41) is 4.75. The van der Waals surface area contributed by atoms with Crippen LogP contribution in [0.5, 0.6) is 5.75 Å². The van der Waals surface area contributed by atoms with E-state index in [9.17, 15) is 14.4 Å². The number of amides is 2. The first-order valence-electron chi connectivity index (χ1n) is 11.7. The number of ether oxygens (including phenoxy) is 2. The summed E-state index contributed by atoms with van der Waals surface area (Å²) in [7, 11) is 1.32. The Hall–Kier alpha value is -3.44. The molecular formula is C25H23BrClN5O5. The summed E-state index contributed by atoms with van der Waals surface area (Å²) in [6.45, 7) is 0.927. The normalized spacial score (nSPS) is 18.6. The molecule has 2 amide bonds. The number of carbonyl (C=O) groups excluding carboxylic acids is 3. The first kappa shape index (κ1) is 25.2. The average molecular weight is 589 g/mol. The molecule has 2 fully saturated rings. The fraction of sp³-hybridized carbons (Fsp3) is 0.320. The van der Waals surface area contributed by atoms with E-state index in [1.807, 2.05) is 0 Å². The molecule has 0 unspecified atom stereocenters. The van der Waals surface area contributed by atoms with Crippen LogP contribution >= 0.6 is 27.5 Å². The standard InChI is InChI=1S/C25H23BrClN5O5/c1-36-25(35)15-4-6-16(7-5-15)37-14-22(33)30-11-8-19-18(30)9-12-31(19)24(34)20-13-21(26)29-32(20)23-17(27)3-2-10-28-23/h2-7,10,13,18-19H,8-9,11-12,14H2,1H3/t18-,19-/m0/s1. The highest BCUT2D eigenvalue weighted by Gasteiger charge is 2.46. The summed E-state index contributed by atoms with van der Waals surface area (Å²) >= 11 is 9.66. The van der Waals surface area contributed by atoms with Gasteiger partial charge < -0.3 is 19.3 Å². The second kappa shape index (κ2) is 10.5. The van der Waals surface area contributed by atoms with E-state index < -0.39 is 5.97 Å². The van der Waals surface area contributed by atoms with Gasteiger partial charge in [0.15, 0.2) is 12.4 Å². The molecule has 2 aliphatic rings. The van der Waals surface area contributed by atoms with Crippen molar-refractivity contribution in [2.24, 2.45) is 0 Å². The van der Waals surface area contributed by atoms with Crippen molar-refractivity contribution >= 4 is 45.3 Å². The summed E-state index contributed by atoms with van der Waals surface area (Å²) in [5.74, 6) is 0.0705. The Morgan fingerprint density at radius 3 is 2.49 bits per heavy atom. The zero-order chi connectivity index (χ0) is 26.1. The van der Waals surface area contributed by atoms with Crippen LogP contribution in [0.1, 0.15) is 33.7 Å². The van der Waals surface area contributed by atoms with Gasteiger partial charge in [0, 0.05) is 25.4 Å². The Kier molecular flexibility index (Phi) is 7.16. The SMILES string of the molecule is COC(=O)c1ccc(OCC(=O)N2CC[C@H]3[C@@H]2CCN3C(=O)c2cc(Br)nn2-c2ncccc2Cl)cc1. The topological polar surface area (TPSA) is 107 Å². The third kappa shape index (κ3) is 4.93. The molecule has 4 heterocycles. The Balaban J connectivity index is 1.25. The van der Waals surface area contributed by atoms with Crippen molar-refractivity contribution in [2.75, 3.05) is 26.8 Å². The number of esters is 1. The molecule has 2 aromatic heterocycles. The molecule has 10 nitrogen and oxygen atoms in total. The van der Waals surface area contributed by atoms with Crippen molar-refractivity contribution in [3.63, 3.8) is 0 Å². The maximum absolute atomic E-state index is 13.6. The molecule has 5 rings (SSSR count). The molecule has 0 bridgehead atoms. The van der Waals surface area contributed by atoms with Crippen LogP contribution in [-0.2, 0) is 9.53 Å². The Morgan fingerprint density at radius 1 is 1.08 bits per heavy atom. The quantitative estimate of drug-likeness (QED) is 0.407. The van der Waals surface area contributed by atoms with E-state index in [-0.39, 0.29) is 30.5 Å². The number of fused-ring (bicyclic) bond motifs is 1. The number of aromatic nitrogens is 3. The zero-order valence-electron chi connectivity index (χ0n) is 19.8. The summed E-state index contributed by atoms with van der Waals surface area (Å²) in [4.78, 5) is 46.1. The first-order chi connectivity index (χ1) is 17.9. The predicted octanol–water partition coefficient (Wildman–Crippen LogP) is 3.36. The number of pyridine rings is 1. The number of likely N-dealkylation sites (tertiary alicyclic amines) is 2. The molecule has 192 valence electrons. The van der Waals surface area contributed by atoms with Crippen molar-refractivity contribution in [2.45, 2.75) is 24.9 Å². The highest BCUT2D eigenvalue weighted by atomic mass is 79.9. The van der Waals surface area contributed by atoms with Crippen LogP contribution in [0.2, 0.25) is 5.02 Å². The van der Waals surface area contributed by atoms with Gasteiger partial charge in [-0.2, -0.15) is 5.10 Å². The van der Waals surface area contributed by atoms with Gasteiger partial charge in [-0.1, -0.05) is 11.6 Å². The van der Waals surface area contributed by atoms with Crippen molar-refractivity contribution in [3.8, 4) is 11.6 Å². The Labute approximate surface area is 226 Å². The number of hydrogen-bond donors (Lipinski definition) is 0. The van der Waals surface area contributed by atoms with E-state index in [0.717, 1.165) is 0 Å². The van der Waals surface area contributed by atoms with Gasteiger partial charge in [-0.3, -0.25) is 9.59 Å². The largest absolute Gasteiger partial charge is 0.484 e. The van der Waals surface area contributed by atoms with Gasteiger partial charge in [0.05, 0.1) is 29.8 Å². The van der Waals surface area contributed by atoms with Gasteiger partial charge in [-0.15, -0.1) is 0 Å². The lowest BCUT2D eigenvalue weighted by Gasteiger charge is -2.26. The number of nitrogens with zero attached hydrogens (tertiary/aromatic N) is 5. The number of rotatable bonds is 6. The van der Waals surface area contributed by atoms with Crippen molar-refractivity contribution in [1.82, 2.24) is 24.6 Å². The lowest BCUT2D eigenvalue weighted by molar-refractivity contribution is -0.134. The van der Waals surface area contributed by atoms with Gasteiger partial charge in [-0.05, 0) is 65.2 Å². The second-order valence-corrected chi connectivity index (χ2v) is 9.89. The molecule has 0 radical (unpaired) electrons. The number of halogens is 2. The van der Waals surface area contributed by atoms with E-state index in [4.69, 9.17) is 16.3 Å². The van der Waals surface area contributed by atoms with Gasteiger partial charge in [-0.25, -0.2) is 14.5 Å². The smallest absolute Gasteiger partial charge is 0.337 e. The maximum Gasteiger partial charge on any atom is 0.337 e. The molecule has 0 spiro atoms. The minimum atomic E-state index is -0.440. The molecule has 3 aromatic rings. The van der Waals surface area contributed by atoms with Crippen LogP contribution in [-0.4, -0.2) is 81.2 Å². The molecule has 0 N–H and O–H groups in total. The highest BCUT2D eigenvalue weighted by molar-refractivity contribution is 9.10. The van der Waals surface area contributed by atoms with Crippen LogP contribution in [0.4, 0.5) is 0 Å². The monoisotopic (exact) mass is 587 g/mol. The fourth-order valence-electron chi connectivity index (χ4n) is 4.93. The molecule has 2 saturated heterocycles. The number of carbonyl (C=O) groups is 3. The van der Waals surface area contributed by atoms with E-state index in [1.165, 1.54) is 11.8 Å². The van der Waals surface area contributed by atoms with Crippen molar-refractivity contribution in [1.29, 1.82) is 0 Å². The fourth-order valence-corrected chi connectivity index (χ4v) is 5.50. The highest BCUT2D eigenvalue weighted by Crippen LogP contribution is 2.33. The molecule has 2 aliphatic heterocycles. The van der Waals surface area contributed by atoms with Crippen LogP contribution in [0.3, 0.4) is 0 Å². The second-order valence-electron chi connectivity index (χ2n) is 8.68. The lowest BCUT2D eigenvalue weighted by atomic mass is 10.1. The van der Waals surface area contributed by atoms with E-state index >= 15 is 0 Å². The van der Waals surface area contributed by atoms with Crippen LogP contribution in [0.25, 0.3) is 5.82 Å². The van der Waals surface area contributed by atoms with Gasteiger partial charge in [0.25, 0.3) is 11.8 Å². The van der Waals surface area contributed by atoms with E-state index in [1.54, 1.807) is 58.5 Å². The third-order valence-corrected chi connectivity index (χ3v) is 7.32. The Bertz CT molecular complexity index is 1350. The van der Waals surface area contributed by atoms with Gasteiger partial charge in [0.1, 0.15) is 16.0 Å². The molecule has 37 heavy (non-hydrogen) atoms. The summed E-state index contributed by atoms with van der Waals surface area (Å²) in [5.41, 5.74) is 0.745. The van der Waals surface area contributed by atoms with E-state index in [2.05, 4.69) is 30.7 Å². The van der Waals surface area contributed by atoms with Crippen LogP contribution in [0, 0.1) is 0 Å². The van der Waals surface area contributed by atoms with E-state index in [0.29, 0.717) is 58.4 Å². The van der Waals surface area contributed by atoms with Crippen molar-refractivity contribution in [3.05, 3.63) is 69.5 Å². The predicted molar refractivity (Wildman–Crippen MR) is 137 cm³/mol. The summed E-state index contributed by atoms with van der Waals surface area (Å²) < 4.78 is 12.3. The first-order valence-corrected chi connectivity index (χ1v) is 12.8. The Morgan fingerprint density at radius 2 is 1.78 bits per heavy atom. The number of benzene rings is 1. The minimum absolute atomic E-state index is 0.0833. The molecule has 0 saturated carbocycles. The molecular weight excluding hydrogens is 566 g/mol.